The first-order chi connectivity index (χ1) is 5.99. The summed E-state index contributed by atoms with van der Waals surface area (Å²) in [6.45, 7) is 0.688. The fourth-order valence-electron chi connectivity index (χ4n) is 2.38. The zero-order valence-corrected chi connectivity index (χ0v) is 7.30. The van der Waals surface area contributed by atoms with Gasteiger partial charge in [-0.1, -0.05) is 0 Å². The van der Waals surface area contributed by atoms with Crippen LogP contribution in [-0.4, -0.2) is 23.9 Å². The zero-order chi connectivity index (χ0) is 9.69. The van der Waals surface area contributed by atoms with Crippen LogP contribution >= 0.6 is 0 Å². The van der Waals surface area contributed by atoms with E-state index in [-0.39, 0.29) is 11.3 Å². The summed E-state index contributed by atoms with van der Waals surface area (Å²) in [6, 6.07) is 0. The number of rotatable bonds is 1. The van der Waals surface area contributed by atoms with Gasteiger partial charge in [-0.25, -0.2) is 0 Å². The van der Waals surface area contributed by atoms with Crippen LogP contribution in [0.15, 0.2) is 0 Å². The van der Waals surface area contributed by atoms with Gasteiger partial charge in [-0.05, 0) is 19.3 Å². The lowest BCUT2D eigenvalue weighted by atomic mass is 9.56. The topological polar surface area (TPSA) is 98.2 Å². The number of primary amides is 1. The standard InChI is InChI=1S/C8H13N3O2/c9-5(12)8(10)3-7(4-8)1-2-11-6(7)13/h1-4,10H2,(H2,9,12)(H,11,13). The van der Waals surface area contributed by atoms with Crippen LogP contribution in [0.1, 0.15) is 19.3 Å². The minimum atomic E-state index is -0.943. The van der Waals surface area contributed by atoms with Gasteiger partial charge >= 0.3 is 0 Å². The molecular weight excluding hydrogens is 170 g/mol. The van der Waals surface area contributed by atoms with Crippen molar-refractivity contribution in [2.75, 3.05) is 6.54 Å². The molecule has 13 heavy (non-hydrogen) atoms. The molecule has 0 unspecified atom stereocenters. The molecule has 5 heteroatoms. The summed E-state index contributed by atoms with van der Waals surface area (Å²) >= 11 is 0. The third-order valence-corrected chi connectivity index (χ3v) is 3.17. The molecule has 0 aromatic rings. The number of nitrogens with two attached hydrogens (primary N) is 2. The van der Waals surface area contributed by atoms with Crippen molar-refractivity contribution < 1.29 is 9.59 Å². The van der Waals surface area contributed by atoms with E-state index in [0.29, 0.717) is 19.4 Å². The molecule has 2 fully saturated rings. The molecule has 2 rings (SSSR count). The molecule has 0 radical (unpaired) electrons. The summed E-state index contributed by atoms with van der Waals surface area (Å²) in [4.78, 5) is 22.3. The molecule has 5 N–H and O–H groups in total. The van der Waals surface area contributed by atoms with Crippen LogP contribution in [0.2, 0.25) is 0 Å². The van der Waals surface area contributed by atoms with E-state index < -0.39 is 11.4 Å². The molecule has 0 atom stereocenters. The van der Waals surface area contributed by atoms with Gasteiger partial charge in [0.25, 0.3) is 0 Å². The van der Waals surface area contributed by atoms with Crippen molar-refractivity contribution in [3.8, 4) is 0 Å². The van der Waals surface area contributed by atoms with E-state index >= 15 is 0 Å². The van der Waals surface area contributed by atoms with Crippen LogP contribution in [0, 0.1) is 5.41 Å². The van der Waals surface area contributed by atoms with Crippen LogP contribution in [0.25, 0.3) is 0 Å². The van der Waals surface area contributed by atoms with Crippen LogP contribution in [0.5, 0.6) is 0 Å². The van der Waals surface area contributed by atoms with Gasteiger partial charge < -0.3 is 16.8 Å². The summed E-state index contributed by atoms with van der Waals surface area (Å²) in [5, 5.41) is 2.74. The largest absolute Gasteiger partial charge is 0.368 e. The first kappa shape index (κ1) is 8.50. The fourth-order valence-corrected chi connectivity index (χ4v) is 2.38. The summed E-state index contributed by atoms with van der Waals surface area (Å²) < 4.78 is 0. The highest BCUT2D eigenvalue weighted by molar-refractivity contribution is 5.93. The molecule has 72 valence electrons. The molecular formula is C8H13N3O2. The van der Waals surface area contributed by atoms with Crippen molar-refractivity contribution >= 4 is 11.8 Å². The van der Waals surface area contributed by atoms with Crippen molar-refractivity contribution in [3.63, 3.8) is 0 Å². The molecule has 2 amide bonds. The summed E-state index contributed by atoms with van der Waals surface area (Å²) in [7, 11) is 0. The quantitative estimate of drug-likeness (QED) is 0.460. The van der Waals surface area contributed by atoms with Crippen LogP contribution in [0.3, 0.4) is 0 Å². The van der Waals surface area contributed by atoms with E-state index in [1.807, 2.05) is 0 Å². The highest BCUT2D eigenvalue weighted by Crippen LogP contribution is 2.51. The van der Waals surface area contributed by atoms with Crippen LogP contribution in [0.4, 0.5) is 0 Å². The number of hydrogen-bond donors (Lipinski definition) is 3. The van der Waals surface area contributed by atoms with Gasteiger partial charge in [0, 0.05) is 6.54 Å². The number of carbonyl (C=O) groups excluding carboxylic acids is 2. The number of nitrogens with one attached hydrogen (secondary N) is 1. The third kappa shape index (κ3) is 0.966. The Morgan fingerprint density at radius 2 is 2.08 bits per heavy atom. The molecule has 1 saturated heterocycles. The van der Waals surface area contributed by atoms with Gasteiger partial charge in [-0.15, -0.1) is 0 Å². The lowest BCUT2D eigenvalue weighted by Crippen LogP contribution is -2.66. The van der Waals surface area contributed by atoms with E-state index in [0.717, 1.165) is 6.42 Å². The van der Waals surface area contributed by atoms with Crippen molar-refractivity contribution in [1.29, 1.82) is 0 Å². The molecule has 1 saturated carbocycles. The van der Waals surface area contributed by atoms with Crippen LogP contribution in [-0.2, 0) is 9.59 Å². The van der Waals surface area contributed by atoms with Crippen molar-refractivity contribution in [2.24, 2.45) is 16.9 Å². The van der Waals surface area contributed by atoms with E-state index in [1.54, 1.807) is 0 Å². The average molecular weight is 183 g/mol. The molecule has 5 nitrogen and oxygen atoms in total. The molecule has 0 aromatic carbocycles. The minimum absolute atomic E-state index is 0.0230. The predicted octanol–water partition coefficient (Wildman–Crippen LogP) is -1.53. The van der Waals surface area contributed by atoms with E-state index in [2.05, 4.69) is 5.32 Å². The summed E-state index contributed by atoms with van der Waals surface area (Å²) in [6.07, 6.45) is 1.58. The Bertz CT molecular complexity index is 281. The lowest BCUT2D eigenvalue weighted by molar-refractivity contribution is -0.143. The van der Waals surface area contributed by atoms with Gasteiger partial charge in [0.05, 0.1) is 11.0 Å². The second-order valence-corrected chi connectivity index (χ2v) is 4.16. The Kier molecular flexibility index (Phi) is 1.46. The van der Waals surface area contributed by atoms with Gasteiger partial charge in [-0.3, -0.25) is 9.59 Å². The normalized spacial score (nSPS) is 43.0. The van der Waals surface area contributed by atoms with Gasteiger partial charge in [0.2, 0.25) is 11.8 Å². The van der Waals surface area contributed by atoms with Crippen LogP contribution < -0.4 is 16.8 Å². The second kappa shape index (κ2) is 2.23. The van der Waals surface area contributed by atoms with Crippen molar-refractivity contribution in [2.45, 2.75) is 24.8 Å². The number of carbonyl (C=O) groups is 2. The second-order valence-electron chi connectivity index (χ2n) is 4.16. The highest BCUT2D eigenvalue weighted by Gasteiger charge is 2.61. The minimum Gasteiger partial charge on any atom is -0.368 e. The van der Waals surface area contributed by atoms with Crippen molar-refractivity contribution in [3.05, 3.63) is 0 Å². The predicted molar refractivity (Wildman–Crippen MR) is 45.4 cm³/mol. The molecule has 1 aliphatic carbocycles. The van der Waals surface area contributed by atoms with Gasteiger partial charge in [0.15, 0.2) is 0 Å². The first-order valence-electron chi connectivity index (χ1n) is 4.36. The molecule has 1 heterocycles. The smallest absolute Gasteiger partial charge is 0.237 e. The molecule has 0 bridgehead atoms. The number of amides is 2. The molecule has 0 aromatic heterocycles. The average Bonchev–Trinajstić information content (AvgIpc) is 2.31. The number of hydrogen-bond acceptors (Lipinski definition) is 3. The van der Waals surface area contributed by atoms with Crippen molar-refractivity contribution in [1.82, 2.24) is 5.32 Å². The SMILES string of the molecule is NC(=O)C1(N)CC2(CCNC2=O)C1. The van der Waals surface area contributed by atoms with Gasteiger partial charge in [-0.2, -0.15) is 0 Å². The maximum absolute atomic E-state index is 11.4. The monoisotopic (exact) mass is 183 g/mol. The Hall–Kier alpha value is -1.10. The van der Waals surface area contributed by atoms with E-state index in [4.69, 9.17) is 11.5 Å². The Balaban J connectivity index is 2.11. The fraction of sp³-hybridized carbons (Fsp3) is 0.750. The summed E-state index contributed by atoms with van der Waals surface area (Å²) in [5.41, 5.74) is 9.51. The molecule has 1 spiro atoms. The Morgan fingerprint density at radius 3 is 2.46 bits per heavy atom. The van der Waals surface area contributed by atoms with Gasteiger partial charge in [0.1, 0.15) is 0 Å². The van der Waals surface area contributed by atoms with E-state index in [1.165, 1.54) is 0 Å². The Labute approximate surface area is 75.8 Å². The molecule has 1 aliphatic heterocycles. The Morgan fingerprint density at radius 1 is 1.46 bits per heavy atom. The highest BCUT2D eigenvalue weighted by atomic mass is 16.2. The lowest BCUT2D eigenvalue weighted by Gasteiger charge is -2.48. The zero-order valence-electron chi connectivity index (χ0n) is 7.30. The van der Waals surface area contributed by atoms with E-state index in [9.17, 15) is 9.59 Å². The summed E-state index contributed by atoms with van der Waals surface area (Å²) in [5.74, 6) is -0.479. The maximum atomic E-state index is 11.4. The third-order valence-electron chi connectivity index (χ3n) is 3.17. The maximum Gasteiger partial charge on any atom is 0.237 e. The molecule has 2 aliphatic rings. The first-order valence-corrected chi connectivity index (χ1v) is 4.36.